The van der Waals surface area contributed by atoms with Crippen LogP contribution in [-0.2, 0) is 0 Å². The minimum Gasteiger partial charge on any atom is -0.424 e. The number of hydrogen-bond donors (Lipinski definition) is 2. The van der Waals surface area contributed by atoms with Crippen molar-refractivity contribution in [2.24, 2.45) is 0 Å². The molecule has 9 heteroatoms. The van der Waals surface area contributed by atoms with Crippen molar-refractivity contribution in [1.29, 1.82) is 0 Å². The average molecular weight is 270 g/mol. The third kappa shape index (κ3) is 3.05. The highest BCUT2D eigenvalue weighted by Gasteiger charge is 2.37. The third-order valence-electron chi connectivity index (χ3n) is 1.95. The highest BCUT2D eigenvalue weighted by Crippen LogP contribution is 2.35. The predicted molar refractivity (Wildman–Crippen MR) is 50.5 cm³/mol. The summed E-state index contributed by atoms with van der Waals surface area (Å²) >= 11 is 0. The molecule has 0 saturated carbocycles. The van der Waals surface area contributed by atoms with E-state index in [0.29, 0.717) is 12.1 Å². The van der Waals surface area contributed by atoms with Crippen LogP contribution in [0, 0.1) is 17.5 Å². The lowest BCUT2D eigenvalue weighted by Gasteiger charge is -2.13. The molecular formula is C9H5BF6O2. The largest absolute Gasteiger partial charge is 0.481 e. The summed E-state index contributed by atoms with van der Waals surface area (Å²) in [6.45, 7) is 0. The molecule has 2 nitrogen and oxygen atoms in total. The second-order valence-corrected chi connectivity index (χ2v) is 3.21. The van der Waals surface area contributed by atoms with E-state index in [4.69, 9.17) is 10.0 Å². The topological polar surface area (TPSA) is 40.5 Å². The normalized spacial score (nSPS) is 12.8. The van der Waals surface area contributed by atoms with Gasteiger partial charge in [-0.1, -0.05) is 0 Å². The van der Waals surface area contributed by atoms with Crippen molar-refractivity contribution in [3.05, 3.63) is 41.1 Å². The zero-order valence-corrected chi connectivity index (χ0v) is 8.47. The first kappa shape index (κ1) is 14.6. The summed E-state index contributed by atoms with van der Waals surface area (Å²) in [5.41, 5.74) is -3.12. The molecule has 0 aliphatic rings. The van der Waals surface area contributed by atoms with Crippen LogP contribution < -0.4 is 0 Å². The van der Waals surface area contributed by atoms with Crippen molar-refractivity contribution in [2.75, 3.05) is 0 Å². The molecule has 0 amide bonds. The number of halogens is 6. The SMILES string of the molecule is OB(O)/C=C(/c1ccc(F)c(F)c1F)C(F)(F)F. The summed E-state index contributed by atoms with van der Waals surface area (Å²) < 4.78 is 76.1. The summed E-state index contributed by atoms with van der Waals surface area (Å²) in [5, 5.41) is 16.9. The molecule has 1 rings (SSSR count). The van der Waals surface area contributed by atoms with Gasteiger partial charge < -0.3 is 10.0 Å². The van der Waals surface area contributed by atoms with Crippen LogP contribution >= 0.6 is 0 Å². The first-order chi connectivity index (χ1) is 8.14. The molecule has 1 aromatic carbocycles. The smallest absolute Gasteiger partial charge is 0.424 e. The molecule has 0 aliphatic heterocycles. The summed E-state index contributed by atoms with van der Waals surface area (Å²) in [7, 11) is -2.52. The van der Waals surface area contributed by atoms with Crippen molar-refractivity contribution < 1.29 is 36.4 Å². The zero-order valence-electron chi connectivity index (χ0n) is 8.47. The Morgan fingerprint density at radius 3 is 2.06 bits per heavy atom. The maximum absolute atomic E-state index is 13.2. The van der Waals surface area contributed by atoms with Gasteiger partial charge in [-0.3, -0.25) is 0 Å². The van der Waals surface area contributed by atoms with Crippen molar-refractivity contribution in [2.45, 2.75) is 6.18 Å². The second kappa shape index (κ2) is 5.03. The lowest BCUT2D eigenvalue weighted by molar-refractivity contribution is -0.0691. The van der Waals surface area contributed by atoms with Crippen LogP contribution in [0.5, 0.6) is 0 Å². The highest BCUT2D eigenvalue weighted by molar-refractivity contribution is 6.49. The van der Waals surface area contributed by atoms with E-state index >= 15 is 0 Å². The quantitative estimate of drug-likeness (QED) is 0.490. The third-order valence-corrected chi connectivity index (χ3v) is 1.95. The molecule has 2 N–H and O–H groups in total. The molecule has 0 unspecified atom stereocenters. The molecule has 0 bridgehead atoms. The summed E-state index contributed by atoms with van der Waals surface area (Å²) in [5.74, 6) is -5.91. The first-order valence-electron chi connectivity index (χ1n) is 4.43. The molecule has 0 aliphatic carbocycles. The van der Waals surface area contributed by atoms with Gasteiger partial charge in [0.05, 0.1) is 5.57 Å². The molecular weight excluding hydrogens is 265 g/mol. The van der Waals surface area contributed by atoms with Gasteiger partial charge in [-0.05, 0) is 18.1 Å². The zero-order chi connectivity index (χ0) is 14.1. The lowest BCUT2D eigenvalue weighted by Crippen LogP contribution is -2.18. The van der Waals surface area contributed by atoms with Crippen molar-refractivity contribution in [3.8, 4) is 0 Å². The number of allylic oxidation sites excluding steroid dienone is 1. The van der Waals surface area contributed by atoms with E-state index in [9.17, 15) is 26.3 Å². The fourth-order valence-electron chi connectivity index (χ4n) is 1.22. The Balaban J connectivity index is 3.46. The Morgan fingerprint density at radius 1 is 1.06 bits per heavy atom. The summed E-state index contributed by atoms with van der Waals surface area (Å²) in [4.78, 5) is 0. The predicted octanol–water partition coefficient (Wildman–Crippen LogP) is 2.06. The fourth-order valence-corrected chi connectivity index (χ4v) is 1.22. The number of hydrogen-bond acceptors (Lipinski definition) is 2. The van der Waals surface area contributed by atoms with Crippen LogP contribution in [0.25, 0.3) is 5.57 Å². The molecule has 0 aromatic heterocycles. The van der Waals surface area contributed by atoms with Gasteiger partial charge in [0.2, 0.25) is 0 Å². The first-order valence-corrected chi connectivity index (χ1v) is 4.43. The standard InChI is InChI=1S/C9H5BF6O2/c11-6-2-1-4(7(12)8(6)13)5(3-10(17)18)9(14,15)16/h1-3,17-18H/b5-3-. The van der Waals surface area contributed by atoms with Gasteiger partial charge in [-0.15, -0.1) is 0 Å². The van der Waals surface area contributed by atoms with Crippen LogP contribution in [0.4, 0.5) is 26.3 Å². The maximum Gasteiger partial charge on any atom is 0.481 e. The molecule has 0 atom stereocenters. The van der Waals surface area contributed by atoms with Crippen LogP contribution in [0.1, 0.15) is 5.56 Å². The Hall–Kier alpha value is -1.48. The van der Waals surface area contributed by atoms with Gasteiger partial charge in [0.25, 0.3) is 0 Å². The van der Waals surface area contributed by atoms with Crippen LogP contribution in [0.3, 0.4) is 0 Å². The van der Waals surface area contributed by atoms with Gasteiger partial charge in [-0.2, -0.15) is 13.2 Å². The van der Waals surface area contributed by atoms with Crippen LogP contribution in [0.2, 0.25) is 0 Å². The van der Waals surface area contributed by atoms with E-state index in [1.165, 1.54) is 0 Å². The molecule has 0 radical (unpaired) electrons. The van der Waals surface area contributed by atoms with Crippen LogP contribution in [-0.4, -0.2) is 23.3 Å². The lowest BCUT2D eigenvalue weighted by atomic mass is 9.85. The van der Waals surface area contributed by atoms with Gasteiger partial charge in [0, 0.05) is 5.56 Å². The molecule has 98 valence electrons. The Labute approximate surface area is 97.3 Å². The molecule has 0 fully saturated rings. The Kier molecular flexibility index (Phi) is 4.07. The molecule has 0 spiro atoms. The van der Waals surface area contributed by atoms with Gasteiger partial charge >= 0.3 is 13.3 Å². The van der Waals surface area contributed by atoms with E-state index in [-0.39, 0.29) is 5.98 Å². The molecule has 0 saturated heterocycles. The minimum atomic E-state index is -5.16. The van der Waals surface area contributed by atoms with E-state index in [0.717, 1.165) is 0 Å². The van der Waals surface area contributed by atoms with Crippen molar-refractivity contribution >= 4 is 12.7 Å². The second-order valence-electron chi connectivity index (χ2n) is 3.21. The van der Waals surface area contributed by atoms with Crippen molar-refractivity contribution in [3.63, 3.8) is 0 Å². The molecule has 0 heterocycles. The fraction of sp³-hybridized carbons (Fsp3) is 0.111. The molecule has 18 heavy (non-hydrogen) atoms. The van der Waals surface area contributed by atoms with E-state index in [2.05, 4.69) is 0 Å². The minimum absolute atomic E-state index is 0.129. The van der Waals surface area contributed by atoms with Crippen LogP contribution in [0.15, 0.2) is 18.1 Å². The van der Waals surface area contributed by atoms with E-state index in [1.807, 2.05) is 0 Å². The van der Waals surface area contributed by atoms with Gasteiger partial charge in [0.1, 0.15) is 0 Å². The van der Waals surface area contributed by atoms with Gasteiger partial charge in [0.15, 0.2) is 17.5 Å². The van der Waals surface area contributed by atoms with Gasteiger partial charge in [-0.25, -0.2) is 13.2 Å². The summed E-state index contributed by atoms with van der Waals surface area (Å²) in [6, 6.07) is 0.659. The summed E-state index contributed by atoms with van der Waals surface area (Å²) in [6.07, 6.45) is -5.16. The average Bonchev–Trinajstić information content (AvgIpc) is 2.22. The van der Waals surface area contributed by atoms with E-state index in [1.54, 1.807) is 0 Å². The van der Waals surface area contributed by atoms with Crippen molar-refractivity contribution in [1.82, 2.24) is 0 Å². The maximum atomic E-state index is 13.2. The number of benzene rings is 1. The number of rotatable bonds is 2. The molecule has 1 aromatic rings. The monoisotopic (exact) mass is 270 g/mol. The Morgan fingerprint density at radius 2 is 1.61 bits per heavy atom. The van der Waals surface area contributed by atoms with E-state index < -0.39 is 41.9 Å². The number of alkyl halides is 3. The highest BCUT2D eigenvalue weighted by atomic mass is 19.4. The Bertz CT molecular complexity index is 483.